The van der Waals surface area contributed by atoms with Crippen LogP contribution in [0.25, 0.3) is 17.4 Å². The number of halogens is 4. The molecule has 1 N–H and O–H groups in total. The van der Waals surface area contributed by atoms with Crippen LogP contribution in [0.5, 0.6) is 0 Å². The predicted molar refractivity (Wildman–Crippen MR) is 143 cm³/mol. The monoisotopic (exact) mass is 602 g/mol. The lowest BCUT2D eigenvalue weighted by molar-refractivity contribution is -0.140. The molecule has 0 aliphatic carbocycles. The van der Waals surface area contributed by atoms with Crippen molar-refractivity contribution in [1.82, 2.24) is 4.57 Å². The second-order valence-electron chi connectivity index (χ2n) is 8.70. The zero-order chi connectivity index (χ0) is 29.5. The van der Waals surface area contributed by atoms with Gasteiger partial charge in [0.15, 0.2) is 10.5 Å². The van der Waals surface area contributed by atoms with Gasteiger partial charge in [0.05, 0.1) is 28.3 Å². The molecule has 1 aliphatic rings. The van der Waals surface area contributed by atoms with Gasteiger partial charge >= 0.3 is 18.1 Å². The number of allylic oxidation sites excluding steroid dienone is 1. The van der Waals surface area contributed by atoms with Crippen molar-refractivity contribution in [3.05, 3.63) is 114 Å². The number of hydrogen-bond donors (Lipinski definition) is 1. The Kier molecular flexibility index (Phi) is 7.45. The lowest BCUT2D eigenvalue weighted by Gasteiger charge is -2.26. The molecule has 1 aliphatic heterocycles. The Labute approximate surface area is 237 Å². The molecule has 4 aromatic rings. The van der Waals surface area contributed by atoms with E-state index in [1.807, 2.05) is 0 Å². The van der Waals surface area contributed by atoms with Gasteiger partial charge in [0.25, 0.3) is 5.56 Å². The molecule has 0 amide bonds. The van der Waals surface area contributed by atoms with Gasteiger partial charge in [-0.3, -0.25) is 9.36 Å². The number of esters is 1. The number of hydrogen-bond acceptors (Lipinski definition) is 7. The smallest absolute Gasteiger partial charge is 0.434 e. The maximum Gasteiger partial charge on any atom is 0.434 e. The molecule has 8 nitrogen and oxygen atoms in total. The standard InChI is InChI=1S/C28H18ClF3N2O6S/c1-2-39-26(38)21-22(15-7-9-17(29)10-8-15)34-24(35)20(41-27(34)33-23(21)28(30,31)32)13-18-11-12-19(40-18)14-3-5-16(6-4-14)25(36)37/h3-13,22H,2H2,1H3,(H,36,37)/b20-13-/t22-/m0/s1. The van der Waals surface area contributed by atoms with Gasteiger partial charge in [-0.15, -0.1) is 0 Å². The number of benzene rings is 2. The van der Waals surface area contributed by atoms with Crippen molar-refractivity contribution in [3.8, 4) is 11.3 Å². The van der Waals surface area contributed by atoms with E-state index in [4.69, 9.17) is 25.9 Å². The number of carboxylic acids is 1. The average molecular weight is 603 g/mol. The summed E-state index contributed by atoms with van der Waals surface area (Å²) in [6.07, 6.45) is -3.66. The van der Waals surface area contributed by atoms with Crippen LogP contribution in [0.3, 0.4) is 0 Å². The van der Waals surface area contributed by atoms with Crippen LogP contribution in [-0.2, 0) is 9.53 Å². The summed E-state index contributed by atoms with van der Waals surface area (Å²) in [4.78, 5) is 41.1. The third-order valence-electron chi connectivity index (χ3n) is 6.10. The normalized spacial score (nSPS) is 15.4. The van der Waals surface area contributed by atoms with Crippen LogP contribution >= 0.6 is 22.9 Å². The van der Waals surface area contributed by atoms with Crippen molar-refractivity contribution < 1.29 is 37.0 Å². The molecule has 3 heterocycles. The molecule has 2 aromatic heterocycles. The highest BCUT2D eigenvalue weighted by Gasteiger charge is 2.45. The van der Waals surface area contributed by atoms with Gasteiger partial charge in [-0.1, -0.05) is 47.2 Å². The Hall–Kier alpha value is -4.42. The lowest BCUT2D eigenvalue weighted by Crippen LogP contribution is -2.41. The fourth-order valence-corrected chi connectivity index (χ4v) is 5.40. The van der Waals surface area contributed by atoms with Crippen LogP contribution in [-0.4, -0.2) is 34.4 Å². The molecule has 210 valence electrons. The molecular weight excluding hydrogens is 585 g/mol. The number of carboxylic acid groups (broad SMARTS) is 1. The zero-order valence-corrected chi connectivity index (χ0v) is 22.5. The first kappa shape index (κ1) is 28.1. The highest BCUT2D eigenvalue weighted by molar-refractivity contribution is 7.07. The number of alkyl halides is 3. The van der Waals surface area contributed by atoms with Crippen molar-refractivity contribution in [2.24, 2.45) is 4.99 Å². The van der Waals surface area contributed by atoms with Crippen LogP contribution in [0.2, 0.25) is 5.02 Å². The summed E-state index contributed by atoms with van der Waals surface area (Å²) < 4.78 is 54.4. The van der Waals surface area contributed by atoms with Gasteiger partial charge in [0.1, 0.15) is 11.5 Å². The number of carbonyl (C=O) groups excluding carboxylic acids is 1. The number of fused-ring (bicyclic) bond motifs is 1. The SMILES string of the molecule is CCOC(=O)C1=C(C(F)(F)F)N=c2s/c(=C\c3ccc(-c4ccc(C(=O)O)cc4)o3)c(=O)n2[C@H]1c1ccc(Cl)cc1. The molecule has 13 heteroatoms. The summed E-state index contributed by atoms with van der Waals surface area (Å²) in [6.45, 7) is 1.27. The topological polar surface area (TPSA) is 111 Å². The predicted octanol–water partition coefficient (Wildman–Crippen LogP) is 4.95. The minimum absolute atomic E-state index is 0.0106. The molecule has 0 saturated heterocycles. The second kappa shape index (κ2) is 10.9. The summed E-state index contributed by atoms with van der Waals surface area (Å²) in [6, 6.07) is 13.4. The highest BCUT2D eigenvalue weighted by Crippen LogP contribution is 2.38. The van der Waals surface area contributed by atoms with E-state index in [2.05, 4.69) is 4.99 Å². The summed E-state index contributed by atoms with van der Waals surface area (Å²) in [5, 5.41) is 9.39. The van der Waals surface area contributed by atoms with E-state index in [0.29, 0.717) is 27.7 Å². The summed E-state index contributed by atoms with van der Waals surface area (Å²) in [7, 11) is 0. The highest BCUT2D eigenvalue weighted by atomic mass is 35.5. The maximum atomic E-state index is 14.2. The number of aromatic carboxylic acids is 1. The molecule has 0 radical (unpaired) electrons. The Morgan fingerprint density at radius 3 is 2.41 bits per heavy atom. The van der Waals surface area contributed by atoms with Gasteiger partial charge in [-0.05, 0) is 48.9 Å². The summed E-state index contributed by atoms with van der Waals surface area (Å²) in [5.41, 5.74) is -2.09. The Morgan fingerprint density at radius 2 is 1.80 bits per heavy atom. The van der Waals surface area contributed by atoms with E-state index in [0.717, 1.165) is 4.57 Å². The van der Waals surface area contributed by atoms with Gasteiger partial charge in [0.2, 0.25) is 0 Å². The van der Waals surface area contributed by atoms with Crippen LogP contribution in [0, 0.1) is 0 Å². The maximum absolute atomic E-state index is 14.2. The fraction of sp³-hybridized carbons (Fsp3) is 0.143. The minimum Gasteiger partial charge on any atom is -0.478 e. The molecule has 41 heavy (non-hydrogen) atoms. The number of rotatable bonds is 6. The van der Waals surface area contributed by atoms with E-state index in [-0.39, 0.29) is 32.8 Å². The molecule has 0 fully saturated rings. The van der Waals surface area contributed by atoms with Gasteiger partial charge in [-0.2, -0.15) is 13.2 Å². The lowest BCUT2D eigenvalue weighted by atomic mass is 9.95. The fourth-order valence-electron chi connectivity index (χ4n) is 4.29. The summed E-state index contributed by atoms with van der Waals surface area (Å²) in [5.74, 6) is -1.73. The summed E-state index contributed by atoms with van der Waals surface area (Å²) >= 11 is 6.69. The number of aromatic nitrogens is 1. The molecule has 2 aromatic carbocycles. The first-order chi connectivity index (χ1) is 19.5. The van der Waals surface area contributed by atoms with Crippen molar-refractivity contribution >= 4 is 41.0 Å². The Morgan fingerprint density at radius 1 is 1.12 bits per heavy atom. The third kappa shape index (κ3) is 5.48. The van der Waals surface area contributed by atoms with Crippen LogP contribution in [0.1, 0.15) is 34.6 Å². The number of ether oxygens (including phenoxy) is 1. The van der Waals surface area contributed by atoms with Crippen LogP contribution < -0.4 is 14.9 Å². The Bertz CT molecular complexity index is 1870. The van der Waals surface area contributed by atoms with Crippen molar-refractivity contribution in [2.75, 3.05) is 6.61 Å². The molecule has 0 bridgehead atoms. The van der Waals surface area contributed by atoms with Crippen molar-refractivity contribution in [3.63, 3.8) is 0 Å². The van der Waals surface area contributed by atoms with Gasteiger partial charge in [0, 0.05) is 16.7 Å². The number of carbonyl (C=O) groups is 2. The molecule has 0 unspecified atom stereocenters. The molecular formula is C28H18ClF3N2O6S. The minimum atomic E-state index is -5.02. The quantitative estimate of drug-likeness (QED) is 0.313. The van der Waals surface area contributed by atoms with Gasteiger partial charge < -0.3 is 14.3 Å². The molecule has 1 atom stereocenters. The van der Waals surface area contributed by atoms with Crippen LogP contribution in [0.15, 0.2) is 86.1 Å². The van der Waals surface area contributed by atoms with Crippen molar-refractivity contribution in [2.45, 2.75) is 19.1 Å². The molecule has 5 rings (SSSR count). The Balaban J connectivity index is 1.66. The molecule has 0 spiro atoms. The number of nitrogens with zero attached hydrogens (tertiary/aromatic N) is 2. The van der Waals surface area contributed by atoms with E-state index < -0.39 is 41.0 Å². The third-order valence-corrected chi connectivity index (χ3v) is 7.33. The van der Waals surface area contributed by atoms with E-state index in [1.54, 1.807) is 24.3 Å². The van der Waals surface area contributed by atoms with E-state index >= 15 is 0 Å². The van der Waals surface area contributed by atoms with E-state index in [9.17, 15) is 27.6 Å². The average Bonchev–Trinajstić information content (AvgIpc) is 3.52. The van der Waals surface area contributed by atoms with Crippen LogP contribution in [0.4, 0.5) is 13.2 Å². The van der Waals surface area contributed by atoms with Gasteiger partial charge in [-0.25, -0.2) is 14.6 Å². The number of furan rings is 1. The first-order valence-corrected chi connectivity index (χ1v) is 13.2. The second-order valence-corrected chi connectivity index (χ2v) is 10.1. The van der Waals surface area contributed by atoms with Crippen molar-refractivity contribution in [1.29, 1.82) is 0 Å². The first-order valence-electron chi connectivity index (χ1n) is 12.0. The zero-order valence-electron chi connectivity index (χ0n) is 20.9. The van der Waals surface area contributed by atoms with E-state index in [1.165, 1.54) is 49.4 Å². The molecule has 0 saturated carbocycles. The largest absolute Gasteiger partial charge is 0.478 e. The number of thiazole rings is 1.